The van der Waals surface area contributed by atoms with Gasteiger partial charge in [-0.25, -0.2) is 4.79 Å². The topological polar surface area (TPSA) is 43.4 Å². The summed E-state index contributed by atoms with van der Waals surface area (Å²) < 4.78 is 5.80. The molecule has 1 aromatic carbocycles. The fourth-order valence-electron chi connectivity index (χ4n) is 4.49. The lowest BCUT2D eigenvalue weighted by Gasteiger charge is -2.47. The van der Waals surface area contributed by atoms with Crippen LogP contribution >= 0.6 is 0 Å². The number of fused-ring (bicyclic) bond motifs is 5. The zero-order valence-corrected chi connectivity index (χ0v) is 11.6. The second-order valence-electron chi connectivity index (χ2n) is 6.59. The first-order valence-corrected chi connectivity index (χ1v) is 7.48. The van der Waals surface area contributed by atoms with Gasteiger partial charge in [-0.3, -0.25) is 4.79 Å². The Kier molecular flexibility index (Phi) is 2.39. The van der Waals surface area contributed by atoms with Gasteiger partial charge in [0.05, 0.1) is 11.5 Å². The molecule has 2 bridgehead atoms. The zero-order chi connectivity index (χ0) is 13.9. The maximum atomic E-state index is 12.6. The van der Waals surface area contributed by atoms with Crippen molar-refractivity contribution in [3.63, 3.8) is 0 Å². The number of Topliss-reactive ketones (excluding diaryl/α,β-unsaturated/α-hetero) is 1. The predicted molar refractivity (Wildman–Crippen MR) is 73.2 cm³/mol. The summed E-state index contributed by atoms with van der Waals surface area (Å²) in [6.45, 7) is 2.20. The van der Waals surface area contributed by atoms with Crippen molar-refractivity contribution < 1.29 is 14.3 Å². The summed E-state index contributed by atoms with van der Waals surface area (Å²) in [5.41, 5.74) is 0.920. The van der Waals surface area contributed by atoms with Crippen molar-refractivity contribution in [2.75, 3.05) is 0 Å². The van der Waals surface area contributed by atoms with Gasteiger partial charge in [0.15, 0.2) is 0 Å². The molecule has 1 spiro atoms. The quantitative estimate of drug-likeness (QED) is 0.680. The van der Waals surface area contributed by atoms with E-state index in [0.717, 1.165) is 31.2 Å². The van der Waals surface area contributed by atoms with E-state index in [9.17, 15) is 9.59 Å². The molecule has 2 fully saturated rings. The largest absolute Gasteiger partial charge is 0.450 e. The van der Waals surface area contributed by atoms with E-state index in [1.807, 2.05) is 24.3 Å². The summed E-state index contributed by atoms with van der Waals surface area (Å²) in [4.78, 5) is 24.8. The molecule has 0 aromatic heterocycles. The third kappa shape index (κ3) is 1.41. The molecule has 0 radical (unpaired) electrons. The molecule has 104 valence electrons. The van der Waals surface area contributed by atoms with Gasteiger partial charge in [-0.1, -0.05) is 25.1 Å². The normalized spacial score (nSPS) is 38.8. The maximum absolute atomic E-state index is 12.6. The monoisotopic (exact) mass is 270 g/mol. The van der Waals surface area contributed by atoms with Crippen LogP contribution < -0.4 is 0 Å². The first kappa shape index (κ1) is 12.1. The van der Waals surface area contributed by atoms with Crippen LogP contribution in [0.3, 0.4) is 0 Å². The van der Waals surface area contributed by atoms with Gasteiger partial charge in [0, 0.05) is 11.5 Å². The van der Waals surface area contributed by atoms with E-state index >= 15 is 0 Å². The van der Waals surface area contributed by atoms with Crippen LogP contribution in [0, 0.1) is 17.8 Å². The Balaban J connectivity index is 1.86. The fraction of sp³-hybridized carbons (Fsp3) is 0.529. The van der Waals surface area contributed by atoms with Crippen molar-refractivity contribution in [3.05, 3.63) is 35.4 Å². The van der Waals surface area contributed by atoms with Crippen LogP contribution in [0.15, 0.2) is 24.3 Å². The molecule has 0 unspecified atom stereocenters. The molecule has 3 aliphatic rings. The molecule has 1 heterocycles. The van der Waals surface area contributed by atoms with Gasteiger partial charge >= 0.3 is 5.97 Å². The van der Waals surface area contributed by atoms with E-state index in [4.69, 9.17) is 4.74 Å². The summed E-state index contributed by atoms with van der Waals surface area (Å²) >= 11 is 0. The second kappa shape index (κ2) is 3.94. The molecule has 1 aliphatic heterocycles. The lowest BCUT2D eigenvalue weighted by molar-refractivity contribution is -0.152. The first-order valence-electron chi connectivity index (χ1n) is 7.48. The summed E-state index contributed by atoms with van der Waals surface area (Å²) in [6.07, 6.45) is 3.49. The molecule has 2 saturated carbocycles. The van der Waals surface area contributed by atoms with Crippen molar-refractivity contribution in [2.24, 2.45) is 17.8 Å². The molecule has 1 aromatic rings. The molecule has 2 aliphatic carbocycles. The Bertz CT molecular complexity index is 606. The molecule has 3 heteroatoms. The smallest absolute Gasteiger partial charge is 0.339 e. The van der Waals surface area contributed by atoms with E-state index in [1.54, 1.807) is 0 Å². The number of ketones is 1. The highest BCUT2D eigenvalue weighted by atomic mass is 16.6. The van der Waals surface area contributed by atoms with Gasteiger partial charge in [0.25, 0.3) is 0 Å². The number of hydrogen-bond acceptors (Lipinski definition) is 3. The Morgan fingerprint density at radius 1 is 1.20 bits per heavy atom. The molecule has 0 N–H and O–H groups in total. The number of carbonyl (C=O) groups excluding carboxylic acids is 2. The minimum atomic E-state index is -0.671. The summed E-state index contributed by atoms with van der Waals surface area (Å²) in [6, 6.07) is 7.57. The Morgan fingerprint density at radius 2 is 2.00 bits per heavy atom. The van der Waals surface area contributed by atoms with Crippen molar-refractivity contribution in [3.8, 4) is 0 Å². The van der Waals surface area contributed by atoms with E-state index in [2.05, 4.69) is 6.92 Å². The molecular weight excluding hydrogens is 252 g/mol. The predicted octanol–water partition coefficient (Wildman–Crippen LogP) is 3.08. The minimum Gasteiger partial charge on any atom is -0.450 e. The Labute approximate surface area is 118 Å². The Hall–Kier alpha value is -1.64. The number of carbonyl (C=O) groups is 2. The van der Waals surface area contributed by atoms with Gasteiger partial charge in [-0.15, -0.1) is 0 Å². The number of hydrogen-bond donors (Lipinski definition) is 0. The van der Waals surface area contributed by atoms with E-state index in [1.165, 1.54) is 0 Å². The van der Waals surface area contributed by atoms with Crippen molar-refractivity contribution in [1.29, 1.82) is 0 Å². The molecule has 20 heavy (non-hydrogen) atoms. The number of ether oxygens (including phenoxy) is 1. The van der Waals surface area contributed by atoms with Crippen LogP contribution in [-0.4, -0.2) is 11.8 Å². The third-order valence-electron chi connectivity index (χ3n) is 5.38. The minimum absolute atomic E-state index is 0.141. The molecule has 0 amide bonds. The van der Waals surface area contributed by atoms with E-state index in [-0.39, 0.29) is 17.8 Å². The molecular formula is C17H18O3. The Morgan fingerprint density at radius 3 is 2.85 bits per heavy atom. The number of benzene rings is 1. The van der Waals surface area contributed by atoms with Crippen LogP contribution in [0.5, 0.6) is 0 Å². The van der Waals surface area contributed by atoms with E-state index in [0.29, 0.717) is 17.3 Å². The van der Waals surface area contributed by atoms with Crippen LogP contribution in [0.2, 0.25) is 0 Å². The van der Waals surface area contributed by atoms with E-state index < -0.39 is 5.60 Å². The maximum Gasteiger partial charge on any atom is 0.339 e. The average molecular weight is 270 g/mol. The van der Waals surface area contributed by atoms with Crippen LogP contribution in [0.25, 0.3) is 0 Å². The van der Waals surface area contributed by atoms with Crippen LogP contribution in [-0.2, 0) is 15.1 Å². The van der Waals surface area contributed by atoms with Gasteiger partial charge in [0.2, 0.25) is 0 Å². The molecule has 3 nitrogen and oxygen atoms in total. The second-order valence-corrected chi connectivity index (χ2v) is 6.59. The lowest BCUT2D eigenvalue weighted by Crippen LogP contribution is -2.50. The van der Waals surface area contributed by atoms with Crippen molar-refractivity contribution >= 4 is 11.8 Å². The highest BCUT2D eigenvalue weighted by molar-refractivity contribution is 5.97. The van der Waals surface area contributed by atoms with Crippen LogP contribution in [0.4, 0.5) is 0 Å². The molecule has 0 saturated heterocycles. The fourth-order valence-corrected chi connectivity index (χ4v) is 4.49. The zero-order valence-electron chi connectivity index (χ0n) is 11.6. The van der Waals surface area contributed by atoms with Gasteiger partial charge < -0.3 is 4.74 Å². The lowest BCUT2D eigenvalue weighted by atomic mass is 9.59. The third-order valence-corrected chi connectivity index (χ3v) is 5.38. The summed E-state index contributed by atoms with van der Waals surface area (Å²) in [5, 5.41) is 0. The number of esters is 1. The highest BCUT2D eigenvalue weighted by Crippen LogP contribution is 2.55. The average Bonchev–Trinajstić information content (AvgIpc) is 2.72. The summed E-state index contributed by atoms with van der Waals surface area (Å²) in [5.74, 6) is 0.633. The standard InChI is InChI=1S/C17H18O3/c1-10-8-11-6-7-17(14(9-10)15(11)18)13-5-3-2-4-12(13)16(19)20-17/h2-5,10-11,14H,6-9H2,1H3/t10-,11+,14-,17-/m1/s1. The first-order chi connectivity index (χ1) is 9.62. The number of rotatable bonds is 0. The SMILES string of the molecule is C[C@@H]1C[C@@H]2CC[C@]3(OC(=O)c4ccccc43)[C@H](C1)C2=O. The van der Waals surface area contributed by atoms with Crippen LogP contribution in [0.1, 0.15) is 48.5 Å². The van der Waals surface area contributed by atoms with Gasteiger partial charge in [-0.05, 0) is 37.7 Å². The van der Waals surface area contributed by atoms with Crippen molar-refractivity contribution in [2.45, 2.75) is 38.2 Å². The highest BCUT2D eigenvalue weighted by Gasteiger charge is 2.58. The van der Waals surface area contributed by atoms with Gasteiger partial charge in [0.1, 0.15) is 11.4 Å². The van der Waals surface area contributed by atoms with Gasteiger partial charge in [-0.2, -0.15) is 0 Å². The molecule has 4 atom stereocenters. The molecule has 4 rings (SSSR count). The summed E-state index contributed by atoms with van der Waals surface area (Å²) in [7, 11) is 0. The van der Waals surface area contributed by atoms with Crippen molar-refractivity contribution in [1.82, 2.24) is 0 Å².